The van der Waals surface area contributed by atoms with E-state index in [9.17, 15) is 9.59 Å². The Morgan fingerprint density at radius 3 is 2.43 bits per heavy atom. The molecule has 5 heteroatoms. The summed E-state index contributed by atoms with van der Waals surface area (Å²) in [6.45, 7) is 6.15. The van der Waals surface area contributed by atoms with E-state index in [1.54, 1.807) is 45.0 Å². The van der Waals surface area contributed by atoms with Crippen LogP contribution in [0.2, 0.25) is 0 Å². The first-order valence-electron chi connectivity index (χ1n) is 7.24. The molecule has 2 rings (SSSR count). The van der Waals surface area contributed by atoms with Gasteiger partial charge in [0.25, 0.3) is 5.91 Å². The Kier molecular flexibility index (Phi) is 4.63. The van der Waals surface area contributed by atoms with Crippen molar-refractivity contribution in [1.29, 1.82) is 0 Å². The minimum atomic E-state index is -0.645. The van der Waals surface area contributed by atoms with E-state index in [-0.39, 0.29) is 11.9 Å². The van der Waals surface area contributed by atoms with E-state index < -0.39 is 11.7 Å². The number of nitrogens with zero attached hydrogens (tertiary/aromatic N) is 1. The summed E-state index contributed by atoms with van der Waals surface area (Å²) in [5.74, 6) is -0.257. The molecule has 0 bridgehead atoms. The third-order valence-electron chi connectivity index (χ3n) is 3.17. The van der Waals surface area contributed by atoms with E-state index in [0.29, 0.717) is 5.69 Å². The van der Waals surface area contributed by atoms with Crippen molar-refractivity contribution in [3.63, 3.8) is 0 Å². The Morgan fingerprint density at radius 2 is 1.90 bits per heavy atom. The Bertz CT molecular complexity index is 502. The van der Waals surface area contributed by atoms with Gasteiger partial charge in [-0.25, -0.2) is 9.69 Å². The molecule has 1 aliphatic heterocycles. The monoisotopic (exact) mass is 290 g/mol. The highest BCUT2D eigenvalue weighted by Gasteiger charge is 2.34. The number of carbonyl (C=O) groups excluding carboxylic acids is 2. The molecule has 5 nitrogen and oxygen atoms in total. The van der Waals surface area contributed by atoms with Gasteiger partial charge in [0.1, 0.15) is 5.60 Å². The number of hydrogen-bond donors (Lipinski definition) is 1. The van der Waals surface area contributed by atoms with Gasteiger partial charge in [0, 0.05) is 0 Å². The molecular formula is C16H22N2O3. The number of imide groups is 1. The second kappa shape index (κ2) is 6.26. The molecule has 1 aromatic carbocycles. The summed E-state index contributed by atoms with van der Waals surface area (Å²) in [5.41, 5.74) is -0.113. The fourth-order valence-corrected chi connectivity index (χ4v) is 2.26. The molecule has 1 fully saturated rings. The minimum absolute atomic E-state index is 0.257. The number of rotatable bonds is 2. The topological polar surface area (TPSA) is 58.6 Å². The smallest absolute Gasteiger partial charge is 0.421 e. The van der Waals surface area contributed by atoms with Crippen LogP contribution < -0.4 is 10.2 Å². The van der Waals surface area contributed by atoms with Gasteiger partial charge in [-0.15, -0.1) is 0 Å². The molecule has 0 unspecified atom stereocenters. The van der Waals surface area contributed by atoms with E-state index in [2.05, 4.69) is 5.32 Å². The van der Waals surface area contributed by atoms with E-state index >= 15 is 0 Å². The first-order valence-corrected chi connectivity index (χ1v) is 7.24. The summed E-state index contributed by atoms with van der Waals surface area (Å²) in [5, 5.41) is 3.13. The summed E-state index contributed by atoms with van der Waals surface area (Å²) in [4.78, 5) is 26.2. The van der Waals surface area contributed by atoms with Crippen LogP contribution >= 0.6 is 0 Å². The van der Waals surface area contributed by atoms with Crippen LogP contribution in [0, 0.1) is 0 Å². The first kappa shape index (κ1) is 15.5. The van der Waals surface area contributed by atoms with Crippen molar-refractivity contribution in [2.45, 2.75) is 45.3 Å². The predicted molar refractivity (Wildman–Crippen MR) is 81.2 cm³/mol. The van der Waals surface area contributed by atoms with Gasteiger partial charge in [-0.1, -0.05) is 18.2 Å². The molecular weight excluding hydrogens is 268 g/mol. The number of nitrogens with one attached hydrogen (secondary N) is 1. The third kappa shape index (κ3) is 4.04. The van der Waals surface area contributed by atoms with Crippen molar-refractivity contribution < 1.29 is 14.3 Å². The molecule has 1 aliphatic rings. The molecule has 1 heterocycles. The molecule has 1 saturated heterocycles. The van der Waals surface area contributed by atoms with Gasteiger partial charge in [0.05, 0.1) is 11.7 Å². The number of carbonyl (C=O) groups is 2. The molecule has 0 spiro atoms. The molecule has 21 heavy (non-hydrogen) atoms. The first-order chi connectivity index (χ1) is 9.88. The van der Waals surface area contributed by atoms with Crippen LogP contribution in [-0.2, 0) is 9.53 Å². The van der Waals surface area contributed by atoms with Crippen LogP contribution in [-0.4, -0.2) is 30.2 Å². The zero-order valence-corrected chi connectivity index (χ0v) is 12.8. The van der Waals surface area contributed by atoms with Crippen LogP contribution in [0.15, 0.2) is 30.3 Å². The summed E-state index contributed by atoms with van der Waals surface area (Å²) in [6, 6.07) is 8.57. The van der Waals surface area contributed by atoms with Crippen LogP contribution in [0.1, 0.15) is 33.6 Å². The van der Waals surface area contributed by atoms with Crippen molar-refractivity contribution in [3.05, 3.63) is 30.3 Å². The van der Waals surface area contributed by atoms with Gasteiger partial charge in [-0.2, -0.15) is 0 Å². The number of amides is 2. The van der Waals surface area contributed by atoms with Crippen molar-refractivity contribution in [2.75, 3.05) is 11.4 Å². The van der Waals surface area contributed by atoms with Crippen molar-refractivity contribution >= 4 is 17.7 Å². The van der Waals surface area contributed by atoms with E-state index in [1.807, 2.05) is 6.07 Å². The lowest BCUT2D eigenvalue weighted by atomic mass is 10.2. The Hall–Kier alpha value is -1.88. The molecule has 0 aromatic heterocycles. The number of hydrogen-bond acceptors (Lipinski definition) is 4. The van der Waals surface area contributed by atoms with Gasteiger partial charge in [-0.3, -0.25) is 4.79 Å². The van der Waals surface area contributed by atoms with Crippen LogP contribution in [0.3, 0.4) is 0 Å². The normalized spacial score (nSPS) is 18.3. The molecule has 0 aliphatic carbocycles. The van der Waals surface area contributed by atoms with Gasteiger partial charge in [0.2, 0.25) is 0 Å². The van der Waals surface area contributed by atoms with E-state index in [0.717, 1.165) is 24.3 Å². The van der Waals surface area contributed by atoms with Gasteiger partial charge in [0.15, 0.2) is 0 Å². The standard InChI is InChI=1S/C16H22N2O3/c1-16(2,3)21-15(20)18(12-8-5-4-6-9-12)14(19)13-10-7-11-17-13/h4-6,8-9,13,17H,7,10-11H2,1-3H3/t13-/m0/s1. The summed E-state index contributed by atoms with van der Waals surface area (Å²) in [6.07, 6.45) is 1.05. The van der Waals surface area contributed by atoms with E-state index in [1.165, 1.54) is 0 Å². The number of para-hydroxylation sites is 1. The third-order valence-corrected chi connectivity index (χ3v) is 3.17. The summed E-state index contributed by atoms with van der Waals surface area (Å²) >= 11 is 0. The molecule has 1 aromatic rings. The van der Waals surface area contributed by atoms with Gasteiger partial charge >= 0.3 is 6.09 Å². The maximum absolute atomic E-state index is 12.6. The minimum Gasteiger partial charge on any atom is -0.443 e. The largest absolute Gasteiger partial charge is 0.443 e. The second-order valence-electron chi connectivity index (χ2n) is 6.14. The predicted octanol–water partition coefficient (Wildman–Crippen LogP) is 2.71. The summed E-state index contributed by atoms with van der Waals surface area (Å²) < 4.78 is 5.37. The fraction of sp³-hybridized carbons (Fsp3) is 0.500. The maximum atomic E-state index is 12.6. The van der Waals surface area contributed by atoms with Crippen molar-refractivity contribution in [1.82, 2.24) is 5.32 Å². The van der Waals surface area contributed by atoms with Crippen LogP contribution in [0.5, 0.6) is 0 Å². The lowest BCUT2D eigenvalue weighted by Gasteiger charge is -2.27. The highest BCUT2D eigenvalue weighted by Crippen LogP contribution is 2.21. The average Bonchev–Trinajstić information content (AvgIpc) is 2.91. The van der Waals surface area contributed by atoms with E-state index in [4.69, 9.17) is 4.74 Å². The highest BCUT2D eigenvalue weighted by atomic mass is 16.6. The molecule has 2 amide bonds. The zero-order chi connectivity index (χ0) is 15.5. The number of anilines is 1. The van der Waals surface area contributed by atoms with Crippen molar-refractivity contribution in [3.8, 4) is 0 Å². The Morgan fingerprint density at radius 1 is 1.24 bits per heavy atom. The lowest BCUT2D eigenvalue weighted by Crippen LogP contribution is -2.48. The van der Waals surface area contributed by atoms with Crippen molar-refractivity contribution in [2.24, 2.45) is 0 Å². The SMILES string of the molecule is CC(C)(C)OC(=O)N(C(=O)[C@@H]1CCCN1)c1ccccc1. The second-order valence-corrected chi connectivity index (χ2v) is 6.14. The Balaban J connectivity index is 2.26. The lowest BCUT2D eigenvalue weighted by molar-refractivity contribution is -0.120. The molecule has 114 valence electrons. The maximum Gasteiger partial charge on any atom is 0.421 e. The van der Waals surface area contributed by atoms with Gasteiger partial charge in [-0.05, 0) is 52.3 Å². The molecule has 0 saturated carbocycles. The van der Waals surface area contributed by atoms with Gasteiger partial charge < -0.3 is 10.1 Å². The van der Waals surface area contributed by atoms with Crippen LogP contribution in [0.4, 0.5) is 10.5 Å². The fourth-order valence-electron chi connectivity index (χ4n) is 2.26. The molecule has 1 atom stereocenters. The quantitative estimate of drug-likeness (QED) is 0.910. The Labute approximate surface area is 125 Å². The summed E-state index contributed by atoms with van der Waals surface area (Å²) in [7, 11) is 0. The number of ether oxygens (including phenoxy) is 1. The van der Waals surface area contributed by atoms with Crippen LogP contribution in [0.25, 0.3) is 0 Å². The number of benzene rings is 1. The average molecular weight is 290 g/mol. The zero-order valence-electron chi connectivity index (χ0n) is 12.8. The molecule has 0 radical (unpaired) electrons. The molecule has 1 N–H and O–H groups in total. The highest BCUT2D eigenvalue weighted by molar-refractivity contribution is 6.14.